The standard InChI is InChI=1S/C25H28N6/c1-2-26-25(28-19-24-30-29-23-15-9-10-18-31(23)24)27-17-16-22(20-11-5-3-6-12-20)21-13-7-4-8-14-21/h3-15,18,22H,2,16-17,19H2,1H3,(H2,26,27,28). The summed E-state index contributed by atoms with van der Waals surface area (Å²) in [5.41, 5.74) is 3.49. The molecule has 0 amide bonds. The quantitative estimate of drug-likeness (QED) is 0.339. The van der Waals surface area contributed by atoms with Crippen LogP contribution in [0.5, 0.6) is 0 Å². The van der Waals surface area contributed by atoms with Crippen molar-refractivity contribution in [2.75, 3.05) is 13.1 Å². The molecule has 0 saturated heterocycles. The number of hydrogen-bond acceptors (Lipinski definition) is 3. The largest absolute Gasteiger partial charge is 0.357 e. The molecule has 0 fully saturated rings. The summed E-state index contributed by atoms with van der Waals surface area (Å²) >= 11 is 0. The number of guanidine groups is 1. The van der Waals surface area contributed by atoms with Crippen LogP contribution in [0.4, 0.5) is 0 Å². The van der Waals surface area contributed by atoms with Crippen LogP contribution in [0.15, 0.2) is 90.1 Å². The first kappa shape index (κ1) is 20.6. The van der Waals surface area contributed by atoms with Crippen molar-refractivity contribution >= 4 is 11.6 Å². The van der Waals surface area contributed by atoms with Crippen molar-refractivity contribution in [3.63, 3.8) is 0 Å². The van der Waals surface area contributed by atoms with E-state index in [1.165, 1.54) is 11.1 Å². The van der Waals surface area contributed by atoms with E-state index in [2.05, 4.69) is 88.4 Å². The third-order valence-corrected chi connectivity index (χ3v) is 5.24. The molecule has 0 aliphatic carbocycles. The van der Waals surface area contributed by atoms with E-state index < -0.39 is 0 Å². The lowest BCUT2D eigenvalue weighted by molar-refractivity contribution is 0.678. The Bertz CT molecular complexity index is 1070. The highest BCUT2D eigenvalue weighted by atomic mass is 15.3. The average molecular weight is 413 g/mol. The molecule has 0 aliphatic heterocycles. The van der Waals surface area contributed by atoms with Crippen LogP contribution >= 0.6 is 0 Å². The first-order chi connectivity index (χ1) is 15.3. The molecule has 0 radical (unpaired) electrons. The van der Waals surface area contributed by atoms with Gasteiger partial charge in [-0.15, -0.1) is 10.2 Å². The number of rotatable bonds is 8. The minimum absolute atomic E-state index is 0.332. The van der Waals surface area contributed by atoms with Crippen LogP contribution in [0, 0.1) is 0 Å². The molecule has 4 aromatic rings. The van der Waals surface area contributed by atoms with Crippen LogP contribution < -0.4 is 10.6 Å². The van der Waals surface area contributed by atoms with E-state index >= 15 is 0 Å². The second kappa shape index (κ2) is 10.4. The zero-order chi connectivity index (χ0) is 21.3. The van der Waals surface area contributed by atoms with E-state index in [0.717, 1.165) is 36.9 Å². The van der Waals surface area contributed by atoms with E-state index in [1.54, 1.807) is 0 Å². The normalized spacial score (nSPS) is 11.7. The Morgan fingerprint density at radius 1 is 0.871 bits per heavy atom. The topological polar surface area (TPSA) is 66.6 Å². The highest BCUT2D eigenvalue weighted by Gasteiger charge is 2.14. The first-order valence-electron chi connectivity index (χ1n) is 10.8. The van der Waals surface area contributed by atoms with Gasteiger partial charge in [0.1, 0.15) is 6.54 Å². The van der Waals surface area contributed by atoms with Gasteiger partial charge in [-0.1, -0.05) is 66.7 Å². The summed E-state index contributed by atoms with van der Waals surface area (Å²) in [5.74, 6) is 1.94. The van der Waals surface area contributed by atoms with Gasteiger partial charge in [-0.05, 0) is 36.6 Å². The number of nitrogens with one attached hydrogen (secondary N) is 2. The lowest BCUT2D eigenvalue weighted by atomic mass is 9.88. The van der Waals surface area contributed by atoms with Gasteiger partial charge in [0.25, 0.3) is 0 Å². The minimum Gasteiger partial charge on any atom is -0.357 e. The Balaban J connectivity index is 1.43. The van der Waals surface area contributed by atoms with Crippen molar-refractivity contribution in [1.82, 2.24) is 25.2 Å². The van der Waals surface area contributed by atoms with Crippen LogP contribution in [0.25, 0.3) is 5.65 Å². The number of hydrogen-bond donors (Lipinski definition) is 2. The molecule has 0 bridgehead atoms. The maximum atomic E-state index is 4.72. The molecular weight excluding hydrogens is 384 g/mol. The summed E-state index contributed by atoms with van der Waals surface area (Å²) in [6, 6.07) is 27.2. The van der Waals surface area contributed by atoms with Crippen molar-refractivity contribution in [2.45, 2.75) is 25.8 Å². The molecule has 0 unspecified atom stereocenters. The van der Waals surface area contributed by atoms with Crippen molar-refractivity contribution < 1.29 is 0 Å². The Labute approximate surface area is 183 Å². The summed E-state index contributed by atoms with van der Waals surface area (Å²) in [6.07, 6.45) is 2.93. The molecular formula is C25H28N6. The van der Waals surface area contributed by atoms with Crippen molar-refractivity contribution in [2.24, 2.45) is 4.99 Å². The maximum Gasteiger partial charge on any atom is 0.191 e. The van der Waals surface area contributed by atoms with E-state index in [0.29, 0.717) is 12.5 Å². The predicted octanol–water partition coefficient (Wildman–Crippen LogP) is 4.01. The predicted molar refractivity (Wildman–Crippen MR) is 125 cm³/mol. The summed E-state index contributed by atoms with van der Waals surface area (Å²) in [4.78, 5) is 4.72. The zero-order valence-electron chi connectivity index (χ0n) is 17.8. The van der Waals surface area contributed by atoms with Crippen LogP contribution in [-0.4, -0.2) is 33.6 Å². The minimum atomic E-state index is 0.332. The number of aromatic nitrogens is 3. The summed E-state index contributed by atoms with van der Waals surface area (Å²) in [5, 5.41) is 15.3. The fourth-order valence-corrected chi connectivity index (χ4v) is 3.72. The fraction of sp³-hybridized carbons (Fsp3) is 0.240. The average Bonchev–Trinajstić information content (AvgIpc) is 3.24. The van der Waals surface area contributed by atoms with Crippen molar-refractivity contribution in [3.05, 3.63) is 102 Å². The molecule has 31 heavy (non-hydrogen) atoms. The molecule has 158 valence electrons. The summed E-state index contributed by atoms with van der Waals surface area (Å²) in [6.45, 7) is 4.13. The zero-order valence-corrected chi connectivity index (χ0v) is 17.8. The van der Waals surface area contributed by atoms with Crippen LogP contribution in [0.1, 0.15) is 36.2 Å². The molecule has 2 heterocycles. The van der Waals surface area contributed by atoms with E-state index in [1.807, 2.05) is 28.8 Å². The number of pyridine rings is 1. The van der Waals surface area contributed by atoms with E-state index in [9.17, 15) is 0 Å². The molecule has 0 spiro atoms. The monoisotopic (exact) mass is 412 g/mol. The van der Waals surface area contributed by atoms with Gasteiger partial charge in [0, 0.05) is 25.2 Å². The van der Waals surface area contributed by atoms with Gasteiger partial charge in [-0.2, -0.15) is 0 Å². The Morgan fingerprint density at radius 3 is 2.23 bits per heavy atom. The van der Waals surface area contributed by atoms with Crippen molar-refractivity contribution in [1.29, 1.82) is 0 Å². The molecule has 0 saturated carbocycles. The van der Waals surface area contributed by atoms with Gasteiger partial charge < -0.3 is 10.6 Å². The second-order valence-electron chi connectivity index (χ2n) is 7.33. The number of benzene rings is 2. The third kappa shape index (κ3) is 5.28. The molecule has 0 atom stereocenters. The molecule has 0 aliphatic rings. The lowest BCUT2D eigenvalue weighted by Gasteiger charge is -2.19. The van der Waals surface area contributed by atoms with Gasteiger partial charge in [-0.25, -0.2) is 4.99 Å². The van der Waals surface area contributed by atoms with Crippen molar-refractivity contribution in [3.8, 4) is 0 Å². The molecule has 2 aromatic carbocycles. The lowest BCUT2D eigenvalue weighted by Crippen LogP contribution is -2.38. The van der Waals surface area contributed by atoms with Gasteiger partial charge in [-0.3, -0.25) is 4.40 Å². The Kier molecular flexibility index (Phi) is 6.90. The fourth-order valence-electron chi connectivity index (χ4n) is 3.72. The molecule has 6 heteroatoms. The van der Waals surface area contributed by atoms with E-state index in [-0.39, 0.29) is 0 Å². The highest BCUT2D eigenvalue weighted by molar-refractivity contribution is 5.79. The first-order valence-corrected chi connectivity index (χ1v) is 10.8. The van der Waals surface area contributed by atoms with Gasteiger partial charge in [0.05, 0.1) is 0 Å². The van der Waals surface area contributed by atoms with Gasteiger partial charge >= 0.3 is 0 Å². The van der Waals surface area contributed by atoms with Gasteiger partial charge in [0.15, 0.2) is 17.4 Å². The summed E-state index contributed by atoms with van der Waals surface area (Å²) < 4.78 is 1.97. The third-order valence-electron chi connectivity index (χ3n) is 5.24. The van der Waals surface area contributed by atoms with Crippen LogP contribution in [0.2, 0.25) is 0 Å². The number of aliphatic imine (C=N–C) groups is 1. The molecule has 2 N–H and O–H groups in total. The maximum absolute atomic E-state index is 4.72. The van der Waals surface area contributed by atoms with Crippen LogP contribution in [0.3, 0.4) is 0 Å². The summed E-state index contributed by atoms with van der Waals surface area (Å²) in [7, 11) is 0. The smallest absolute Gasteiger partial charge is 0.191 e. The van der Waals surface area contributed by atoms with E-state index in [4.69, 9.17) is 4.99 Å². The molecule has 2 aromatic heterocycles. The number of fused-ring (bicyclic) bond motifs is 1. The Morgan fingerprint density at radius 2 is 1.55 bits per heavy atom. The van der Waals surface area contributed by atoms with Crippen LogP contribution in [-0.2, 0) is 6.54 Å². The van der Waals surface area contributed by atoms with Gasteiger partial charge in [0.2, 0.25) is 0 Å². The Hall–Kier alpha value is -3.67. The highest BCUT2D eigenvalue weighted by Crippen LogP contribution is 2.27. The number of nitrogens with zero attached hydrogens (tertiary/aromatic N) is 4. The molecule has 4 rings (SSSR count). The SMILES string of the molecule is CCNC(=NCc1nnc2ccccn12)NCCC(c1ccccc1)c1ccccc1. The molecule has 6 nitrogen and oxygen atoms in total. The second-order valence-corrected chi connectivity index (χ2v) is 7.33.